The van der Waals surface area contributed by atoms with E-state index >= 15 is 0 Å². The highest BCUT2D eigenvalue weighted by Gasteiger charge is 2.20. The fourth-order valence-electron chi connectivity index (χ4n) is 2.27. The Labute approximate surface area is 137 Å². The number of hydrogen-bond donors (Lipinski definition) is 4. The van der Waals surface area contributed by atoms with Crippen LogP contribution >= 0.6 is 0 Å². The molecule has 4 N–H and O–H groups in total. The summed E-state index contributed by atoms with van der Waals surface area (Å²) in [5, 5.41) is 22.2. The zero-order valence-corrected chi connectivity index (χ0v) is 12.7. The summed E-state index contributed by atoms with van der Waals surface area (Å²) < 4.78 is 0. The molecule has 0 saturated carbocycles. The Hall–Kier alpha value is -3.19. The second-order valence-electron chi connectivity index (χ2n) is 5.24. The van der Waals surface area contributed by atoms with Gasteiger partial charge in [-0.15, -0.1) is 0 Å². The first-order chi connectivity index (χ1) is 11.7. The van der Waals surface area contributed by atoms with Crippen LogP contribution in [0.1, 0.15) is 10.4 Å². The van der Waals surface area contributed by atoms with Crippen LogP contribution in [0.25, 0.3) is 10.9 Å². The maximum absolute atomic E-state index is 12.3. The first-order valence-electron chi connectivity index (χ1n) is 7.38. The van der Waals surface area contributed by atoms with Crippen LogP contribution in [0.5, 0.6) is 0 Å². The molecule has 0 bridgehead atoms. The Kier molecular flexibility index (Phi) is 4.53. The number of amides is 2. The number of carbonyl (C=O) groups excluding carboxylic acids is 2. The van der Waals surface area contributed by atoms with E-state index in [9.17, 15) is 14.7 Å². The maximum Gasteiger partial charge on any atom is 0.251 e. The highest BCUT2D eigenvalue weighted by Crippen LogP contribution is 2.16. The Balaban J connectivity index is 1.68. The number of aromatic amines is 1. The molecule has 1 heterocycles. The van der Waals surface area contributed by atoms with E-state index in [1.807, 2.05) is 6.07 Å². The van der Waals surface area contributed by atoms with Crippen molar-refractivity contribution < 1.29 is 14.7 Å². The monoisotopic (exact) mass is 324 g/mol. The smallest absolute Gasteiger partial charge is 0.251 e. The summed E-state index contributed by atoms with van der Waals surface area (Å²) in [6, 6.07) is 12.7. The molecule has 7 nitrogen and oxygen atoms in total. The zero-order chi connectivity index (χ0) is 16.9. The molecule has 7 heteroatoms. The largest absolute Gasteiger partial charge is 0.394 e. The SMILES string of the molecule is O=C(N[C@@H](CO)C(=O)Nc1ccc2cn[nH]c2c1)c1ccccc1. The molecular weight excluding hydrogens is 308 g/mol. The number of aliphatic hydroxyl groups excluding tert-OH is 1. The Bertz CT molecular complexity index is 860. The Morgan fingerprint density at radius 2 is 1.96 bits per heavy atom. The van der Waals surface area contributed by atoms with Gasteiger partial charge in [-0.25, -0.2) is 0 Å². The molecular formula is C17H16N4O3. The van der Waals surface area contributed by atoms with E-state index in [4.69, 9.17) is 0 Å². The van der Waals surface area contributed by atoms with Gasteiger partial charge in [-0.2, -0.15) is 5.10 Å². The number of aromatic nitrogens is 2. The van der Waals surface area contributed by atoms with E-state index in [0.29, 0.717) is 11.3 Å². The number of hydrogen-bond acceptors (Lipinski definition) is 4. The van der Waals surface area contributed by atoms with E-state index in [1.165, 1.54) is 0 Å². The normalized spacial score (nSPS) is 11.9. The van der Waals surface area contributed by atoms with Gasteiger partial charge in [-0.05, 0) is 30.3 Å². The molecule has 1 aromatic heterocycles. The molecule has 0 saturated heterocycles. The average molecular weight is 324 g/mol. The van der Waals surface area contributed by atoms with Gasteiger partial charge < -0.3 is 15.7 Å². The first kappa shape index (κ1) is 15.7. The lowest BCUT2D eigenvalue weighted by atomic mass is 10.2. The number of carbonyl (C=O) groups is 2. The molecule has 0 spiro atoms. The molecule has 0 radical (unpaired) electrons. The molecule has 0 aliphatic rings. The maximum atomic E-state index is 12.3. The quantitative estimate of drug-likeness (QED) is 0.567. The first-order valence-corrected chi connectivity index (χ1v) is 7.38. The van der Waals surface area contributed by atoms with Crippen molar-refractivity contribution in [1.29, 1.82) is 0 Å². The second kappa shape index (κ2) is 6.93. The van der Waals surface area contributed by atoms with Gasteiger partial charge >= 0.3 is 0 Å². The minimum absolute atomic E-state index is 0.419. The van der Waals surface area contributed by atoms with Gasteiger partial charge in [0.1, 0.15) is 6.04 Å². The molecule has 2 amide bonds. The summed E-state index contributed by atoms with van der Waals surface area (Å²) in [6.45, 7) is -0.503. The van der Waals surface area contributed by atoms with Crippen molar-refractivity contribution >= 4 is 28.4 Å². The zero-order valence-electron chi connectivity index (χ0n) is 12.7. The van der Waals surface area contributed by atoms with Gasteiger partial charge in [0, 0.05) is 16.6 Å². The number of aliphatic hydroxyl groups is 1. The number of benzene rings is 2. The molecule has 122 valence electrons. The molecule has 0 fully saturated rings. The average Bonchev–Trinajstić information content (AvgIpc) is 3.07. The fraction of sp³-hybridized carbons (Fsp3) is 0.118. The molecule has 24 heavy (non-hydrogen) atoms. The predicted octanol–water partition coefficient (Wildman–Crippen LogP) is 1.29. The van der Waals surface area contributed by atoms with Crippen LogP contribution < -0.4 is 10.6 Å². The van der Waals surface area contributed by atoms with Crippen LogP contribution in [0, 0.1) is 0 Å². The van der Waals surface area contributed by atoms with Gasteiger partial charge in [0.15, 0.2) is 0 Å². The number of nitrogens with one attached hydrogen (secondary N) is 3. The van der Waals surface area contributed by atoms with Crippen LogP contribution in [-0.4, -0.2) is 39.8 Å². The van der Waals surface area contributed by atoms with Crippen LogP contribution in [0.4, 0.5) is 5.69 Å². The van der Waals surface area contributed by atoms with Crippen molar-refractivity contribution in [3.05, 3.63) is 60.3 Å². The lowest BCUT2D eigenvalue weighted by Gasteiger charge is -2.16. The predicted molar refractivity (Wildman–Crippen MR) is 89.5 cm³/mol. The number of H-pyrrole nitrogens is 1. The Morgan fingerprint density at radius 3 is 2.71 bits per heavy atom. The highest BCUT2D eigenvalue weighted by atomic mass is 16.3. The third kappa shape index (κ3) is 3.41. The van der Waals surface area contributed by atoms with Gasteiger partial charge in [-0.1, -0.05) is 18.2 Å². The van der Waals surface area contributed by atoms with Crippen molar-refractivity contribution in [3.63, 3.8) is 0 Å². The highest BCUT2D eigenvalue weighted by molar-refractivity contribution is 6.01. The van der Waals surface area contributed by atoms with Crippen LogP contribution in [0.3, 0.4) is 0 Å². The number of anilines is 1. The van der Waals surface area contributed by atoms with Crippen LogP contribution in [-0.2, 0) is 4.79 Å². The number of fused-ring (bicyclic) bond motifs is 1. The summed E-state index contributed by atoms with van der Waals surface area (Å²) in [5.74, 6) is -0.922. The summed E-state index contributed by atoms with van der Waals surface area (Å²) in [4.78, 5) is 24.4. The van der Waals surface area contributed by atoms with Gasteiger partial charge in [-0.3, -0.25) is 14.7 Å². The lowest BCUT2D eigenvalue weighted by molar-refractivity contribution is -0.118. The van der Waals surface area contributed by atoms with Crippen molar-refractivity contribution in [2.75, 3.05) is 11.9 Å². The summed E-state index contributed by atoms with van der Waals surface area (Å²) in [7, 11) is 0. The Morgan fingerprint density at radius 1 is 1.17 bits per heavy atom. The number of rotatable bonds is 5. The van der Waals surface area contributed by atoms with Gasteiger partial charge in [0.25, 0.3) is 5.91 Å². The van der Waals surface area contributed by atoms with E-state index in [2.05, 4.69) is 20.8 Å². The molecule has 0 aliphatic carbocycles. The third-order valence-corrected chi connectivity index (χ3v) is 3.55. The molecule has 3 rings (SSSR count). The molecule has 0 unspecified atom stereocenters. The molecule has 3 aromatic rings. The second-order valence-corrected chi connectivity index (χ2v) is 5.24. The van der Waals surface area contributed by atoms with Gasteiger partial charge in [0.2, 0.25) is 5.91 Å². The topological polar surface area (TPSA) is 107 Å². The van der Waals surface area contributed by atoms with E-state index in [-0.39, 0.29) is 0 Å². The summed E-state index contributed by atoms with van der Waals surface area (Å²) in [5.41, 5.74) is 1.74. The fourth-order valence-corrected chi connectivity index (χ4v) is 2.27. The van der Waals surface area contributed by atoms with Crippen LogP contribution in [0.15, 0.2) is 54.7 Å². The van der Waals surface area contributed by atoms with Crippen molar-refractivity contribution in [1.82, 2.24) is 15.5 Å². The lowest BCUT2D eigenvalue weighted by Crippen LogP contribution is -2.46. The molecule has 0 aliphatic heterocycles. The van der Waals surface area contributed by atoms with Crippen LogP contribution in [0.2, 0.25) is 0 Å². The molecule has 1 atom stereocenters. The van der Waals surface area contributed by atoms with Crippen molar-refractivity contribution in [2.45, 2.75) is 6.04 Å². The summed E-state index contributed by atoms with van der Waals surface area (Å²) in [6.07, 6.45) is 1.68. The summed E-state index contributed by atoms with van der Waals surface area (Å²) >= 11 is 0. The van der Waals surface area contributed by atoms with Gasteiger partial charge in [0.05, 0.1) is 18.3 Å². The van der Waals surface area contributed by atoms with Crippen molar-refractivity contribution in [2.24, 2.45) is 0 Å². The van der Waals surface area contributed by atoms with E-state index in [0.717, 1.165) is 10.9 Å². The van der Waals surface area contributed by atoms with E-state index in [1.54, 1.807) is 48.7 Å². The minimum atomic E-state index is -1.05. The van der Waals surface area contributed by atoms with Crippen molar-refractivity contribution in [3.8, 4) is 0 Å². The van der Waals surface area contributed by atoms with E-state index < -0.39 is 24.5 Å². The third-order valence-electron chi connectivity index (χ3n) is 3.55. The minimum Gasteiger partial charge on any atom is -0.394 e. The standard InChI is InChI=1S/C17H16N4O3/c22-10-15(20-16(23)11-4-2-1-3-5-11)17(24)19-13-7-6-12-9-18-21-14(12)8-13/h1-9,15,22H,10H2,(H,18,21)(H,19,24)(H,20,23)/t15-/m0/s1. The molecule has 2 aromatic carbocycles. The number of nitrogens with zero attached hydrogens (tertiary/aromatic N) is 1.